The Hall–Kier alpha value is -2.14. The molecule has 0 aliphatic carbocycles. The van der Waals surface area contributed by atoms with Crippen LogP contribution in [0, 0.1) is 0 Å². The van der Waals surface area contributed by atoms with Crippen molar-refractivity contribution in [3.05, 3.63) is 36.7 Å². The van der Waals surface area contributed by atoms with E-state index in [0.717, 1.165) is 36.5 Å². The van der Waals surface area contributed by atoms with Gasteiger partial charge in [0.05, 0.1) is 12.6 Å². The van der Waals surface area contributed by atoms with Crippen molar-refractivity contribution in [1.29, 1.82) is 0 Å². The van der Waals surface area contributed by atoms with Crippen LogP contribution in [0.3, 0.4) is 0 Å². The molecule has 3 rings (SSSR count). The molecule has 1 aliphatic rings. The molecule has 0 radical (unpaired) electrons. The van der Waals surface area contributed by atoms with Gasteiger partial charge in [0.2, 0.25) is 0 Å². The van der Waals surface area contributed by atoms with Crippen molar-refractivity contribution in [2.24, 2.45) is 0 Å². The molecule has 1 aromatic heterocycles. The van der Waals surface area contributed by atoms with E-state index in [4.69, 9.17) is 5.73 Å². The number of aliphatic hydroxyl groups excluding tert-OH is 1. The van der Waals surface area contributed by atoms with Crippen LogP contribution in [0.25, 0.3) is 11.3 Å². The second-order valence-corrected chi connectivity index (χ2v) is 5.03. The van der Waals surface area contributed by atoms with Crippen molar-refractivity contribution in [2.75, 3.05) is 23.8 Å². The maximum Gasteiger partial charge on any atom is 0.155 e. The molecule has 0 amide bonds. The van der Waals surface area contributed by atoms with Gasteiger partial charge < -0.3 is 15.7 Å². The Labute approximate surface area is 118 Å². The second-order valence-electron chi connectivity index (χ2n) is 5.03. The van der Waals surface area contributed by atoms with Crippen LogP contribution in [0.15, 0.2) is 36.7 Å². The van der Waals surface area contributed by atoms with E-state index < -0.39 is 0 Å². The summed E-state index contributed by atoms with van der Waals surface area (Å²) in [5.74, 6) is 0.828. The van der Waals surface area contributed by atoms with Crippen LogP contribution >= 0.6 is 0 Å². The summed E-state index contributed by atoms with van der Waals surface area (Å²) in [5.41, 5.74) is 8.33. The number of nitrogen functional groups attached to an aromatic ring is 1. The Kier molecular flexibility index (Phi) is 3.52. The molecule has 5 heteroatoms. The zero-order chi connectivity index (χ0) is 13.9. The molecule has 20 heavy (non-hydrogen) atoms. The largest absolute Gasteiger partial charge is 0.399 e. The molecular formula is C15H18N4O. The number of nitrogens with two attached hydrogens (primary N) is 1. The second kappa shape index (κ2) is 5.46. The minimum atomic E-state index is 0.131. The Morgan fingerprint density at radius 3 is 2.95 bits per heavy atom. The summed E-state index contributed by atoms with van der Waals surface area (Å²) < 4.78 is 0. The van der Waals surface area contributed by atoms with Crippen molar-refractivity contribution in [3.8, 4) is 11.3 Å². The average Bonchev–Trinajstić information content (AvgIpc) is 2.95. The summed E-state index contributed by atoms with van der Waals surface area (Å²) in [4.78, 5) is 11.1. The first-order chi connectivity index (χ1) is 9.79. The van der Waals surface area contributed by atoms with E-state index in [1.165, 1.54) is 0 Å². The monoisotopic (exact) mass is 270 g/mol. The molecule has 1 atom stereocenters. The van der Waals surface area contributed by atoms with E-state index in [0.29, 0.717) is 5.69 Å². The third-order valence-electron chi connectivity index (χ3n) is 3.70. The Balaban J connectivity index is 2.04. The summed E-state index contributed by atoms with van der Waals surface area (Å²) in [5, 5.41) is 9.49. The minimum absolute atomic E-state index is 0.131. The first-order valence-corrected chi connectivity index (χ1v) is 6.84. The first-order valence-electron chi connectivity index (χ1n) is 6.84. The van der Waals surface area contributed by atoms with Crippen molar-refractivity contribution < 1.29 is 5.11 Å². The molecule has 104 valence electrons. The third kappa shape index (κ3) is 2.32. The van der Waals surface area contributed by atoms with Gasteiger partial charge in [-0.05, 0) is 25.0 Å². The molecular weight excluding hydrogens is 252 g/mol. The number of rotatable bonds is 3. The molecule has 0 bridgehead atoms. The van der Waals surface area contributed by atoms with Crippen molar-refractivity contribution in [3.63, 3.8) is 0 Å². The van der Waals surface area contributed by atoms with Crippen molar-refractivity contribution >= 4 is 11.5 Å². The fraction of sp³-hybridized carbons (Fsp3) is 0.333. The molecule has 0 spiro atoms. The zero-order valence-electron chi connectivity index (χ0n) is 11.2. The van der Waals surface area contributed by atoms with Gasteiger partial charge in [-0.2, -0.15) is 0 Å². The Bertz CT molecular complexity index is 602. The van der Waals surface area contributed by atoms with Gasteiger partial charge in [-0.15, -0.1) is 0 Å². The third-order valence-corrected chi connectivity index (χ3v) is 3.70. The highest BCUT2D eigenvalue weighted by molar-refractivity contribution is 5.74. The summed E-state index contributed by atoms with van der Waals surface area (Å²) in [6.07, 6.45) is 5.44. The van der Waals surface area contributed by atoms with Gasteiger partial charge in [0.1, 0.15) is 5.69 Å². The van der Waals surface area contributed by atoms with Crippen LogP contribution in [-0.4, -0.2) is 34.3 Å². The van der Waals surface area contributed by atoms with Gasteiger partial charge in [0.25, 0.3) is 0 Å². The van der Waals surface area contributed by atoms with E-state index in [1.54, 1.807) is 12.4 Å². The van der Waals surface area contributed by atoms with Gasteiger partial charge in [-0.1, -0.05) is 12.1 Å². The Morgan fingerprint density at radius 2 is 2.15 bits per heavy atom. The number of hydrogen-bond acceptors (Lipinski definition) is 5. The number of aliphatic hydroxyl groups is 1. The smallest absolute Gasteiger partial charge is 0.155 e. The highest BCUT2D eigenvalue weighted by Crippen LogP contribution is 2.32. The predicted molar refractivity (Wildman–Crippen MR) is 79.3 cm³/mol. The van der Waals surface area contributed by atoms with Crippen LogP contribution in [0.4, 0.5) is 11.5 Å². The van der Waals surface area contributed by atoms with Gasteiger partial charge in [-0.3, -0.25) is 4.98 Å². The summed E-state index contributed by atoms with van der Waals surface area (Å²) in [6.45, 7) is 1.05. The van der Waals surface area contributed by atoms with Gasteiger partial charge in [-0.25, -0.2) is 4.98 Å². The highest BCUT2D eigenvalue weighted by atomic mass is 16.3. The maximum atomic E-state index is 9.49. The van der Waals surface area contributed by atoms with Crippen molar-refractivity contribution in [1.82, 2.24) is 9.97 Å². The lowest BCUT2D eigenvalue weighted by molar-refractivity contribution is 0.266. The number of hydrogen-bond donors (Lipinski definition) is 2. The topological polar surface area (TPSA) is 75.3 Å². The fourth-order valence-corrected chi connectivity index (χ4v) is 2.73. The standard InChI is InChI=1S/C15H18N4O/c16-12-4-1-3-11(9-12)14-15(18-7-6-17-14)19-8-2-5-13(19)10-20/h1,3-4,6-7,9,13,20H,2,5,8,10,16H2. The molecule has 1 fully saturated rings. The van der Waals surface area contributed by atoms with E-state index in [2.05, 4.69) is 14.9 Å². The molecule has 1 saturated heterocycles. The number of benzene rings is 1. The zero-order valence-corrected chi connectivity index (χ0v) is 11.2. The molecule has 5 nitrogen and oxygen atoms in total. The van der Waals surface area contributed by atoms with Gasteiger partial charge in [0, 0.05) is 30.2 Å². The van der Waals surface area contributed by atoms with E-state index in [9.17, 15) is 5.11 Å². The van der Waals surface area contributed by atoms with Gasteiger partial charge in [0.15, 0.2) is 5.82 Å². The molecule has 2 aromatic rings. The van der Waals surface area contributed by atoms with E-state index in [-0.39, 0.29) is 12.6 Å². The molecule has 3 N–H and O–H groups in total. The SMILES string of the molecule is Nc1cccc(-c2nccnc2N2CCCC2CO)c1. The fourth-order valence-electron chi connectivity index (χ4n) is 2.73. The van der Waals surface area contributed by atoms with Crippen LogP contribution < -0.4 is 10.6 Å². The van der Waals surface area contributed by atoms with E-state index in [1.807, 2.05) is 24.3 Å². The molecule has 2 heterocycles. The first kappa shape index (κ1) is 12.9. The summed E-state index contributed by atoms with van der Waals surface area (Å²) >= 11 is 0. The normalized spacial score (nSPS) is 18.4. The lowest BCUT2D eigenvalue weighted by atomic mass is 10.1. The number of nitrogens with zero attached hydrogens (tertiary/aromatic N) is 3. The number of aromatic nitrogens is 2. The highest BCUT2D eigenvalue weighted by Gasteiger charge is 2.27. The van der Waals surface area contributed by atoms with Gasteiger partial charge >= 0.3 is 0 Å². The van der Waals surface area contributed by atoms with E-state index >= 15 is 0 Å². The number of anilines is 2. The molecule has 0 saturated carbocycles. The van der Waals surface area contributed by atoms with Crippen molar-refractivity contribution in [2.45, 2.75) is 18.9 Å². The average molecular weight is 270 g/mol. The van der Waals surface area contributed by atoms with Crippen LogP contribution in [0.2, 0.25) is 0 Å². The Morgan fingerprint density at radius 1 is 1.30 bits per heavy atom. The van der Waals surface area contributed by atoms with Crippen LogP contribution in [-0.2, 0) is 0 Å². The lowest BCUT2D eigenvalue weighted by Crippen LogP contribution is -2.33. The molecule has 1 aromatic carbocycles. The minimum Gasteiger partial charge on any atom is -0.399 e. The summed E-state index contributed by atoms with van der Waals surface area (Å²) in [6, 6.07) is 7.78. The molecule has 1 aliphatic heterocycles. The molecule has 1 unspecified atom stereocenters. The predicted octanol–water partition coefficient (Wildman–Crippen LogP) is 1.69. The lowest BCUT2D eigenvalue weighted by Gasteiger charge is -2.25. The summed E-state index contributed by atoms with van der Waals surface area (Å²) in [7, 11) is 0. The quantitative estimate of drug-likeness (QED) is 0.830. The maximum absolute atomic E-state index is 9.49. The van der Waals surface area contributed by atoms with Crippen LogP contribution in [0.5, 0.6) is 0 Å². The van der Waals surface area contributed by atoms with Crippen LogP contribution in [0.1, 0.15) is 12.8 Å².